The van der Waals surface area contributed by atoms with Crippen LogP contribution in [0.5, 0.6) is 0 Å². The molecule has 0 aliphatic carbocycles. The average molecular weight is 462 g/mol. The van der Waals surface area contributed by atoms with Crippen molar-refractivity contribution in [1.82, 2.24) is 15.5 Å². The average Bonchev–Trinajstić information content (AvgIpc) is 3.29. The number of urea groups is 1. The molecular weight excluding hydrogens is 441 g/mol. The van der Waals surface area contributed by atoms with Crippen LogP contribution in [-0.4, -0.2) is 28.2 Å². The molecular formula is C24H20FN5O2S. The molecule has 166 valence electrons. The molecule has 0 fully saturated rings. The number of carbonyl (C=O) groups excluding carboxylic acids is 2. The number of halogens is 1. The van der Waals surface area contributed by atoms with Gasteiger partial charge >= 0.3 is 6.03 Å². The molecule has 9 heteroatoms. The first-order valence-electron chi connectivity index (χ1n) is 10.1. The van der Waals surface area contributed by atoms with Crippen molar-refractivity contribution in [2.24, 2.45) is 0 Å². The number of carbonyl (C=O) groups is 2. The second-order valence-corrected chi connectivity index (χ2v) is 8.09. The third-order valence-corrected chi connectivity index (χ3v) is 5.57. The van der Waals surface area contributed by atoms with Crippen LogP contribution >= 0.6 is 11.3 Å². The lowest BCUT2D eigenvalue weighted by molar-refractivity contribution is -0.117. The lowest BCUT2D eigenvalue weighted by Gasteiger charge is -2.18. The molecule has 0 radical (unpaired) electrons. The van der Waals surface area contributed by atoms with Gasteiger partial charge in [-0.25, -0.2) is 9.18 Å². The molecule has 0 aliphatic rings. The molecule has 0 saturated heterocycles. The summed E-state index contributed by atoms with van der Waals surface area (Å²) in [6.45, 7) is 0. The summed E-state index contributed by atoms with van der Waals surface area (Å²) < 4.78 is 13.2. The Morgan fingerprint density at radius 1 is 0.848 bits per heavy atom. The van der Waals surface area contributed by atoms with E-state index in [2.05, 4.69) is 26.1 Å². The summed E-state index contributed by atoms with van der Waals surface area (Å²) in [5, 5.41) is 17.1. The number of aromatic nitrogens is 2. The number of hydrogen-bond acceptors (Lipinski definition) is 5. The molecule has 0 aliphatic heterocycles. The zero-order valence-electron chi connectivity index (χ0n) is 17.4. The van der Waals surface area contributed by atoms with Crippen LogP contribution in [0.15, 0.2) is 84.9 Å². The largest absolute Gasteiger partial charge is 0.326 e. The van der Waals surface area contributed by atoms with Gasteiger partial charge in [-0.05, 0) is 42.0 Å². The van der Waals surface area contributed by atoms with Crippen molar-refractivity contribution in [1.29, 1.82) is 0 Å². The Morgan fingerprint density at radius 2 is 1.52 bits per heavy atom. The first kappa shape index (κ1) is 22.1. The number of para-hydroxylation sites is 1. The van der Waals surface area contributed by atoms with E-state index in [0.717, 1.165) is 16.9 Å². The molecule has 4 aromatic rings. The van der Waals surface area contributed by atoms with Crippen molar-refractivity contribution in [2.45, 2.75) is 12.5 Å². The van der Waals surface area contributed by atoms with Crippen LogP contribution in [0.2, 0.25) is 0 Å². The number of nitrogens with zero attached hydrogens (tertiary/aromatic N) is 2. The van der Waals surface area contributed by atoms with Crippen molar-refractivity contribution in [3.63, 3.8) is 0 Å². The summed E-state index contributed by atoms with van der Waals surface area (Å²) in [6, 6.07) is 22.8. The maximum Gasteiger partial charge on any atom is 0.319 e. The molecule has 1 heterocycles. The third kappa shape index (κ3) is 6.20. The summed E-state index contributed by atoms with van der Waals surface area (Å²) in [5.41, 5.74) is 2.19. The number of benzene rings is 3. The summed E-state index contributed by atoms with van der Waals surface area (Å²) in [7, 11) is 0. The number of rotatable bonds is 7. The van der Waals surface area contributed by atoms with Gasteiger partial charge in [-0.1, -0.05) is 59.9 Å². The first-order valence-corrected chi connectivity index (χ1v) is 11.0. The molecule has 0 spiro atoms. The monoisotopic (exact) mass is 461 g/mol. The van der Waals surface area contributed by atoms with E-state index in [1.807, 2.05) is 36.4 Å². The lowest BCUT2D eigenvalue weighted by Crippen LogP contribution is -2.46. The first-order chi connectivity index (χ1) is 16.1. The van der Waals surface area contributed by atoms with Gasteiger partial charge in [0.25, 0.3) is 0 Å². The SMILES string of the molecule is O=C(Nc1ccccc1)NC(Cc1ccccc1)C(=O)Nc1nnc(-c2ccc(F)cc2)s1. The van der Waals surface area contributed by atoms with Crippen molar-refractivity contribution in [2.75, 3.05) is 10.6 Å². The molecule has 3 amide bonds. The minimum atomic E-state index is -0.853. The van der Waals surface area contributed by atoms with E-state index >= 15 is 0 Å². The number of amides is 3. The summed E-state index contributed by atoms with van der Waals surface area (Å²) in [4.78, 5) is 25.6. The van der Waals surface area contributed by atoms with Crippen LogP contribution < -0.4 is 16.0 Å². The van der Waals surface area contributed by atoms with Crippen molar-refractivity contribution in [3.8, 4) is 10.6 Å². The van der Waals surface area contributed by atoms with Crippen LogP contribution in [0, 0.1) is 5.82 Å². The Balaban J connectivity index is 1.46. The van der Waals surface area contributed by atoms with Gasteiger partial charge in [-0.3, -0.25) is 10.1 Å². The molecule has 3 aromatic carbocycles. The van der Waals surface area contributed by atoms with E-state index in [1.54, 1.807) is 36.4 Å². The third-order valence-electron chi connectivity index (χ3n) is 4.68. The maximum absolute atomic E-state index is 13.2. The molecule has 1 atom stereocenters. The van der Waals surface area contributed by atoms with E-state index < -0.39 is 18.0 Å². The Kier molecular flexibility index (Phi) is 7.01. The Labute approximate surface area is 193 Å². The van der Waals surface area contributed by atoms with Gasteiger partial charge in [0, 0.05) is 17.7 Å². The van der Waals surface area contributed by atoms with Crippen LogP contribution in [0.3, 0.4) is 0 Å². The maximum atomic E-state index is 13.2. The van der Waals surface area contributed by atoms with Crippen LogP contribution in [0.4, 0.5) is 20.0 Å². The summed E-state index contributed by atoms with van der Waals surface area (Å²) >= 11 is 1.16. The van der Waals surface area contributed by atoms with Crippen LogP contribution in [0.1, 0.15) is 5.56 Å². The topological polar surface area (TPSA) is 96.0 Å². The zero-order chi connectivity index (χ0) is 23.0. The van der Waals surface area contributed by atoms with Crippen LogP contribution in [-0.2, 0) is 11.2 Å². The fraction of sp³-hybridized carbons (Fsp3) is 0.0833. The van der Waals surface area contributed by atoms with E-state index in [4.69, 9.17) is 0 Å². The Hall–Kier alpha value is -4.11. The van der Waals surface area contributed by atoms with Gasteiger partial charge < -0.3 is 10.6 Å². The van der Waals surface area contributed by atoms with Gasteiger partial charge in [0.15, 0.2) is 0 Å². The lowest BCUT2D eigenvalue weighted by atomic mass is 10.1. The highest BCUT2D eigenvalue weighted by Crippen LogP contribution is 2.26. The predicted octanol–water partition coefficient (Wildman–Crippen LogP) is 4.72. The fourth-order valence-electron chi connectivity index (χ4n) is 3.08. The Morgan fingerprint density at radius 3 is 2.21 bits per heavy atom. The molecule has 7 nitrogen and oxygen atoms in total. The second-order valence-electron chi connectivity index (χ2n) is 7.12. The van der Waals surface area contributed by atoms with Gasteiger partial charge in [0.2, 0.25) is 11.0 Å². The molecule has 0 saturated carbocycles. The van der Waals surface area contributed by atoms with E-state index in [-0.39, 0.29) is 10.9 Å². The minimum Gasteiger partial charge on any atom is -0.326 e. The molecule has 3 N–H and O–H groups in total. The highest BCUT2D eigenvalue weighted by atomic mass is 32.1. The normalized spacial score (nSPS) is 11.4. The van der Waals surface area contributed by atoms with Crippen molar-refractivity contribution in [3.05, 3.63) is 96.3 Å². The molecule has 1 unspecified atom stereocenters. The highest BCUT2D eigenvalue weighted by Gasteiger charge is 2.23. The predicted molar refractivity (Wildman–Crippen MR) is 126 cm³/mol. The standard InChI is InChI=1S/C24H20FN5O2S/c25-18-13-11-17(12-14-18)22-29-30-24(33-22)28-21(31)20(15-16-7-3-1-4-8-16)27-23(32)26-19-9-5-2-6-10-19/h1-14,20H,15H2,(H2,26,27,32)(H,28,30,31). The second kappa shape index (κ2) is 10.5. The van der Waals surface area contributed by atoms with Crippen molar-refractivity contribution >= 4 is 34.1 Å². The fourth-order valence-corrected chi connectivity index (χ4v) is 3.83. The summed E-state index contributed by atoms with van der Waals surface area (Å²) in [5.74, 6) is -0.774. The van der Waals surface area contributed by atoms with E-state index in [1.165, 1.54) is 12.1 Å². The minimum absolute atomic E-state index is 0.280. The zero-order valence-corrected chi connectivity index (χ0v) is 18.2. The van der Waals surface area contributed by atoms with Gasteiger partial charge in [-0.15, -0.1) is 10.2 Å². The van der Waals surface area contributed by atoms with Crippen molar-refractivity contribution < 1.29 is 14.0 Å². The Bertz CT molecular complexity index is 1220. The number of anilines is 2. The van der Waals surface area contributed by atoms with Crippen LogP contribution in [0.25, 0.3) is 10.6 Å². The van der Waals surface area contributed by atoms with E-state index in [9.17, 15) is 14.0 Å². The quantitative estimate of drug-likeness (QED) is 0.371. The van der Waals surface area contributed by atoms with Gasteiger partial charge in [0.05, 0.1) is 0 Å². The number of nitrogens with one attached hydrogen (secondary N) is 3. The smallest absolute Gasteiger partial charge is 0.319 e. The molecule has 0 bridgehead atoms. The highest BCUT2D eigenvalue weighted by molar-refractivity contribution is 7.18. The molecule has 4 rings (SSSR count). The molecule has 33 heavy (non-hydrogen) atoms. The molecule has 1 aromatic heterocycles. The number of hydrogen-bond donors (Lipinski definition) is 3. The van der Waals surface area contributed by atoms with E-state index in [0.29, 0.717) is 22.7 Å². The van der Waals surface area contributed by atoms with Gasteiger partial charge in [-0.2, -0.15) is 0 Å². The van der Waals surface area contributed by atoms with Gasteiger partial charge in [0.1, 0.15) is 16.9 Å². The summed E-state index contributed by atoms with van der Waals surface area (Å²) in [6.07, 6.45) is 0.290.